The van der Waals surface area contributed by atoms with Crippen LogP contribution in [0.25, 0.3) is 17.1 Å². The summed E-state index contributed by atoms with van der Waals surface area (Å²) in [6.45, 7) is 5.22. The van der Waals surface area contributed by atoms with Crippen LogP contribution in [-0.4, -0.2) is 59.5 Å². The van der Waals surface area contributed by atoms with E-state index in [1.54, 1.807) is 30.3 Å². The van der Waals surface area contributed by atoms with Crippen LogP contribution in [-0.2, 0) is 14.8 Å². The highest BCUT2D eigenvalue weighted by Gasteiger charge is 2.27. The van der Waals surface area contributed by atoms with Crippen LogP contribution >= 0.6 is 23.4 Å². The van der Waals surface area contributed by atoms with Crippen LogP contribution in [0.4, 0.5) is 0 Å². The van der Waals surface area contributed by atoms with Crippen molar-refractivity contribution in [2.45, 2.75) is 10.1 Å². The molecule has 0 bridgehead atoms. The molecule has 4 rings (SSSR count). The zero-order valence-electron chi connectivity index (χ0n) is 16.6. The SMILES string of the molecule is C=CCSc1nnc(-c2cccc(S(=O)(=O)N3CCOCC3)c2)n1-c1ccccc1Cl. The predicted octanol–water partition coefficient (Wildman–Crippen LogP) is 3.89. The zero-order chi connectivity index (χ0) is 21.8. The van der Waals surface area contributed by atoms with Crippen LogP contribution < -0.4 is 0 Å². The van der Waals surface area contributed by atoms with E-state index in [9.17, 15) is 8.42 Å². The third-order valence-corrected chi connectivity index (χ3v) is 7.90. The fourth-order valence-electron chi connectivity index (χ4n) is 3.27. The maximum atomic E-state index is 13.1. The summed E-state index contributed by atoms with van der Waals surface area (Å²) >= 11 is 7.94. The Labute approximate surface area is 190 Å². The molecule has 7 nitrogen and oxygen atoms in total. The number of benzene rings is 2. The number of nitrogens with zero attached hydrogens (tertiary/aromatic N) is 4. The second-order valence-corrected chi connectivity index (χ2v) is 10.1. The van der Waals surface area contributed by atoms with Crippen molar-refractivity contribution in [2.24, 2.45) is 0 Å². The molecule has 1 fully saturated rings. The standard InChI is InChI=1S/C21H21ClN4O3S2/c1-2-14-30-21-24-23-20(26(21)19-9-4-3-8-18(19)22)16-6-5-7-17(15-16)31(27,28)25-10-12-29-13-11-25/h2-9,15H,1,10-14H2. The Hall–Kier alpha value is -2.17. The number of aromatic nitrogens is 3. The first kappa shape index (κ1) is 22.0. The van der Waals surface area contributed by atoms with Crippen molar-refractivity contribution in [3.63, 3.8) is 0 Å². The van der Waals surface area contributed by atoms with Crippen molar-refractivity contribution in [1.82, 2.24) is 19.1 Å². The summed E-state index contributed by atoms with van der Waals surface area (Å²) in [6.07, 6.45) is 1.78. The molecule has 3 aromatic rings. The molecule has 1 aromatic heterocycles. The minimum atomic E-state index is -3.63. The molecule has 10 heteroatoms. The van der Waals surface area contributed by atoms with Gasteiger partial charge in [-0.2, -0.15) is 4.31 Å². The highest BCUT2D eigenvalue weighted by molar-refractivity contribution is 7.99. The van der Waals surface area contributed by atoms with Gasteiger partial charge in [-0.1, -0.05) is 53.7 Å². The fourth-order valence-corrected chi connectivity index (χ4v) is 5.62. The van der Waals surface area contributed by atoms with Crippen LogP contribution in [0, 0.1) is 0 Å². The van der Waals surface area contributed by atoms with E-state index in [-0.39, 0.29) is 4.90 Å². The maximum absolute atomic E-state index is 13.1. The number of ether oxygens (including phenoxy) is 1. The quantitative estimate of drug-likeness (QED) is 0.380. The first-order chi connectivity index (χ1) is 15.0. The van der Waals surface area contributed by atoms with Crippen LogP contribution in [0.3, 0.4) is 0 Å². The number of rotatable bonds is 7. The van der Waals surface area contributed by atoms with Crippen molar-refractivity contribution < 1.29 is 13.2 Å². The average Bonchev–Trinajstić information content (AvgIpc) is 3.22. The summed E-state index contributed by atoms with van der Waals surface area (Å²) in [5.41, 5.74) is 1.35. The molecular weight excluding hydrogens is 456 g/mol. The second kappa shape index (κ2) is 9.54. The Kier molecular flexibility index (Phi) is 6.78. The molecule has 1 aliphatic rings. The van der Waals surface area contributed by atoms with Gasteiger partial charge in [0.05, 0.1) is 28.8 Å². The normalized spacial score (nSPS) is 15.1. The van der Waals surface area contributed by atoms with Crippen molar-refractivity contribution in [3.05, 3.63) is 66.2 Å². The lowest BCUT2D eigenvalue weighted by atomic mass is 10.2. The number of hydrogen-bond donors (Lipinski definition) is 0. The molecule has 0 unspecified atom stereocenters. The maximum Gasteiger partial charge on any atom is 0.243 e. The molecule has 162 valence electrons. The highest BCUT2D eigenvalue weighted by Crippen LogP contribution is 2.32. The van der Waals surface area contributed by atoms with E-state index in [4.69, 9.17) is 16.3 Å². The summed E-state index contributed by atoms with van der Waals surface area (Å²) in [5, 5.41) is 9.87. The van der Waals surface area contributed by atoms with Gasteiger partial charge in [-0.25, -0.2) is 8.42 Å². The van der Waals surface area contributed by atoms with Gasteiger partial charge in [0.2, 0.25) is 10.0 Å². The molecule has 0 spiro atoms. The van der Waals surface area contributed by atoms with Gasteiger partial charge in [0.1, 0.15) is 0 Å². The van der Waals surface area contributed by atoms with Crippen molar-refractivity contribution in [1.29, 1.82) is 0 Å². The third-order valence-electron chi connectivity index (χ3n) is 4.76. The largest absolute Gasteiger partial charge is 0.379 e. The van der Waals surface area contributed by atoms with Gasteiger partial charge in [0, 0.05) is 24.4 Å². The van der Waals surface area contributed by atoms with Gasteiger partial charge < -0.3 is 4.74 Å². The lowest BCUT2D eigenvalue weighted by Gasteiger charge is -2.26. The van der Waals surface area contributed by atoms with Gasteiger partial charge in [-0.3, -0.25) is 4.57 Å². The van der Waals surface area contributed by atoms with Gasteiger partial charge >= 0.3 is 0 Å². The molecule has 1 aliphatic heterocycles. The monoisotopic (exact) mass is 476 g/mol. The minimum Gasteiger partial charge on any atom is -0.379 e. The molecule has 0 amide bonds. The number of sulfonamides is 1. The molecular formula is C21H21ClN4O3S2. The Morgan fingerprint density at radius 1 is 1.13 bits per heavy atom. The number of para-hydroxylation sites is 1. The van der Waals surface area contributed by atoms with Crippen LogP contribution in [0.5, 0.6) is 0 Å². The topological polar surface area (TPSA) is 77.3 Å². The molecule has 31 heavy (non-hydrogen) atoms. The van der Waals surface area contributed by atoms with E-state index in [1.807, 2.05) is 28.8 Å². The Morgan fingerprint density at radius 2 is 1.90 bits per heavy atom. The van der Waals surface area contributed by atoms with E-state index in [0.29, 0.717) is 53.6 Å². The van der Waals surface area contributed by atoms with Crippen molar-refractivity contribution >= 4 is 33.4 Å². The molecule has 0 aliphatic carbocycles. The van der Waals surface area contributed by atoms with Crippen molar-refractivity contribution in [3.8, 4) is 17.1 Å². The predicted molar refractivity (Wildman–Crippen MR) is 122 cm³/mol. The first-order valence-electron chi connectivity index (χ1n) is 9.64. The lowest BCUT2D eigenvalue weighted by molar-refractivity contribution is 0.0730. The van der Waals surface area contributed by atoms with Crippen LogP contribution in [0.2, 0.25) is 5.02 Å². The van der Waals surface area contributed by atoms with E-state index in [2.05, 4.69) is 16.8 Å². The second-order valence-electron chi connectivity index (χ2n) is 6.74. The van der Waals surface area contributed by atoms with E-state index >= 15 is 0 Å². The molecule has 0 saturated carbocycles. The average molecular weight is 477 g/mol. The van der Waals surface area contributed by atoms with Gasteiger partial charge in [0.15, 0.2) is 11.0 Å². The van der Waals surface area contributed by atoms with Crippen molar-refractivity contribution in [2.75, 3.05) is 32.1 Å². The molecule has 0 N–H and O–H groups in total. The Balaban J connectivity index is 1.80. The fraction of sp³-hybridized carbons (Fsp3) is 0.238. The third kappa shape index (κ3) is 4.56. The van der Waals surface area contributed by atoms with E-state index in [1.165, 1.54) is 16.1 Å². The van der Waals surface area contributed by atoms with Gasteiger partial charge in [-0.05, 0) is 24.3 Å². The molecule has 0 atom stereocenters. The van der Waals surface area contributed by atoms with E-state index < -0.39 is 10.0 Å². The highest BCUT2D eigenvalue weighted by atomic mass is 35.5. The summed E-state index contributed by atoms with van der Waals surface area (Å²) in [5.74, 6) is 1.16. The Bertz CT molecular complexity index is 1190. The van der Waals surface area contributed by atoms with Gasteiger partial charge in [0.25, 0.3) is 0 Å². The number of halogens is 1. The smallest absolute Gasteiger partial charge is 0.243 e. The molecule has 1 saturated heterocycles. The van der Waals surface area contributed by atoms with Crippen LogP contribution in [0.15, 0.2) is 71.2 Å². The number of thioether (sulfide) groups is 1. The zero-order valence-corrected chi connectivity index (χ0v) is 19.0. The van der Waals surface area contributed by atoms with Gasteiger partial charge in [-0.15, -0.1) is 16.8 Å². The number of morpholine rings is 1. The lowest BCUT2D eigenvalue weighted by Crippen LogP contribution is -2.40. The summed E-state index contributed by atoms with van der Waals surface area (Å²) in [6, 6.07) is 14.2. The molecule has 0 radical (unpaired) electrons. The summed E-state index contributed by atoms with van der Waals surface area (Å²) in [4.78, 5) is 0.209. The number of hydrogen-bond acceptors (Lipinski definition) is 6. The van der Waals surface area contributed by atoms with Crippen LogP contribution in [0.1, 0.15) is 0 Å². The summed E-state index contributed by atoms with van der Waals surface area (Å²) in [7, 11) is -3.63. The Morgan fingerprint density at radius 3 is 2.65 bits per heavy atom. The summed E-state index contributed by atoms with van der Waals surface area (Å²) < 4.78 is 34.8. The molecule has 2 heterocycles. The first-order valence-corrected chi connectivity index (χ1v) is 12.4. The van der Waals surface area contributed by atoms with E-state index in [0.717, 1.165) is 5.69 Å². The minimum absolute atomic E-state index is 0.209. The molecule has 2 aromatic carbocycles.